The SMILES string of the molecule is O=C(COc1ccccc1)NC[C@H](c1ccco1)[NH+]1CCN(c2ccccc2)CC1. The molecule has 30 heavy (non-hydrogen) atoms. The van der Waals surface area contributed by atoms with Crippen molar-refractivity contribution < 1.29 is 18.8 Å². The molecular formula is C24H28N3O3+. The molecular weight excluding hydrogens is 378 g/mol. The van der Waals surface area contributed by atoms with E-state index in [1.807, 2.05) is 48.5 Å². The second-order valence-corrected chi connectivity index (χ2v) is 7.45. The highest BCUT2D eigenvalue weighted by molar-refractivity contribution is 5.77. The summed E-state index contributed by atoms with van der Waals surface area (Å²) in [6, 6.07) is 23.9. The largest absolute Gasteiger partial charge is 0.484 e. The molecule has 1 aromatic heterocycles. The van der Waals surface area contributed by atoms with E-state index in [1.54, 1.807) is 6.26 Å². The molecule has 6 heteroatoms. The van der Waals surface area contributed by atoms with E-state index in [-0.39, 0.29) is 18.6 Å². The van der Waals surface area contributed by atoms with Crippen molar-refractivity contribution in [3.8, 4) is 5.75 Å². The minimum absolute atomic E-state index is 0.00596. The van der Waals surface area contributed by atoms with Gasteiger partial charge in [-0.15, -0.1) is 0 Å². The van der Waals surface area contributed by atoms with E-state index in [0.717, 1.165) is 31.9 Å². The molecule has 1 atom stereocenters. The van der Waals surface area contributed by atoms with Crippen molar-refractivity contribution >= 4 is 11.6 Å². The lowest BCUT2D eigenvalue weighted by Crippen LogP contribution is -3.15. The Morgan fingerprint density at radius 2 is 1.70 bits per heavy atom. The number of anilines is 1. The van der Waals surface area contributed by atoms with Crippen molar-refractivity contribution in [3.05, 3.63) is 84.8 Å². The number of benzene rings is 2. The Kier molecular flexibility index (Phi) is 6.67. The molecule has 1 fully saturated rings. The average molecular weight is 407 g/mol. The zero-order valence-electron chi connectivity index (χ0n) is 17.0. The van der Waals surface area contributed by atoms with Gasteiger partial charge in [-0.25, -0.2) is 0 Å². The Hall–Kier alpha value is -3.25. The first-order valence-corrected chi connectivity index (χ1v) is 10.4. The number of rotatable bonds is 8. The second kappa shape index (κ2) is 9.98. The first-order valence-electron chi connectivity index (χ1n) is 10.4. The summed E-state index contributed by atoms with van der Waals surface area (Å²) in [7, 11) is 0. The zero-order valence-corrected chi connectivity index (χ0v) is 17.0. The molecule has 1 amide bonds. The van der Waals surface area contributed by atoms with Crippen LogP contribution in [0.15, 0.2) is 83.5 Å². The van der Waals surface area contributed by atoms with Gasteiger partial charge in [0.05, 0.1) is 39.0 Å². The third kappa shape index (κ3) is 5.21. The predicted molar refractivity (Wildman–Crippen MR) is 116 cm³/mol. The van der Waals surface area contributed by atoms with E-state index in [0.29, 0.717) is 12.3 Å². The van der Waals surface area contributed by atoms with Crippen LogP contribution in [0.4, 0.5) is 5.69 Å². The molecule has 1 aliphatic rings. The number of piperazine rings is 1. The van der Waals surface area contributed by atoms with E-state index < -0.39 is 0 Å². The molecule has 1 saturated heterocycles. The van der Waals surface area contributed by atoms with E-state index in [9.17, 15) is 4.79 Å². The first kappa shape index (κ1) is 20.0. The van der Waals surface area contributed by atoms with Crippen molar-refractivity contribution in [2.75, 3.05) is 44.2 Å². The predicted octanol–water partition coefficient (Wildman–Crippen LogP) is 1.92. The smallest absolute Gasteiger partial charge is 0.258 e. The number of para-hydroxylation sites is 2. The normalized spacial score (nSPS) is 15.5. The van der Waals surface area contributed by atoms with Gasteiger partial charge in [0.2, 0.25) is 0 Å². The average Bonchev–Trinajstić information content (AvgIpc) is 3.34. The number of carbonyl (C=O) groups excluding carboxylic acids is 1. The van der Waals surface area contributed by atoms with Crippen LogP contribution in [0.2, 0.25) is 0 Å². The van der Waals surface area contributed by atoms with Crippen LogP contribution in [0.1, 0.15) is 11.8 Å². The molecule has 0 spiro atoms. The number of hydrogen-bond donors (Lipinski definition) is 2. The molecule has 1 aliphatic heterocycles. The van der Waals surface area contributed by atoms with E-state index in [4.69, 9.17) is 9.15 Å². The van der Waals surface area contributed by atoms with Gasteiger partial charge >= 0.3 is 0 Å². The lowest BCUT2D eigenvalue weighted by atomic mass is 10.1. The van der Waals surface area contributed by atoms with Crippen LogP contribution in [-0.2, 0) is 4.79 Å². The van der Waals surface area contributed by atoms with Crippen molar-refractivity contribution in [1.29, 1.82) is 0 Å². The van der Waals surface area contributed by atoms with Gasteiger partial charge in [0.15, 0.2) is 18.4 Å². The third-order valence-corrected chi connectivity index (χ3v) is 5.52. The first-order chi connectivity index (χ1) is 14.8. The second-order valence-electron chi connectivity index (χ2n) is 7.45. The summed E-state index contributed by atoms with van der Waals surface area (Å²) in [5, 5.41) is 3.02. The molecule has 3 aromatic rings. The quantitative estimate of drug-likeness (QED) is 0.600. The maximum Gasteiger partial charge on any atom is 0.258 e. The van der Waals surface area contributed by atoms with Gasteiger partial charge in [0.25, 0.3) is 5.91 Å². The lowest BCUT2D eigenvalue weighted by molar-refractivity contribution is -0.932. The van der Waals surface area contributed by atoms with Gasteiger partial charge in [-0.05, 0) is 36.4 Å². The molecule has 0 unspecified atom stereocenters. The molecule has 0 saturated carbocycles. The number of furan rings is 1. The Morgan fingerprint density at radius 3 is 2.37 bits per heavy atom. The summed E-state index contributed by atoms with van der Waals surface area (Å²) in [5.41, 5.74) is 1.26. The summed E-state index contributed by atoms with van der Waals surface area (Å²) in [6.45, 7) is 4.44. The minimum atomic E-state index is -0.127. The maximum absolute atomic E-state index is 12.3. The van der Waals surface area contributed by atoms with Crippen LogP contribution in [0.25, 0.3) is 0 Å². The molecule has 0 bridgehead atoms. The Bertz CT molecular complexity index is 892. The van der Waals surface area contributed by atoms with Gasteiger partial charge in [0.1, 0.15) is 5.75 Å². The standard InChI is InChI=1S/C24H27N3O3/c28-24(19-30-21-10-5-2-6-11-21)25-18-22(23-12-7-17-29-23)27-15-13-26(14-16-27)20-8-3-1-4-9-20/h1-12,17,22H,13-16,18-19H2,(H,25,28)/p+1/t22-/m1/s1. The third-order valence-electron chi connectivity index (χ3n) is 5.52. The highest BCUT2D eigenvalue weighted by Crippen LogP contribution is 2.15. The molecule has 4 rings (SSSR count). The number of ether oxygens (including phenoxy) is 1. The number of amides is 1. The van der Waals surface area contributed by atoms with E-state index in [1.165, 1.54) is 10.6 Å². The number of hydrogen-bond acceptors (Lipinski definition) is 4. The fraction of sp³-hybridized carbons (Fsp3) is 0.292. The minimum Gasteiger partial charge on any atom is -0.484 e. The Balaban J connectivity index is 1.32. The van der Waals surface area contributed by atoms with Gasteiger partial charge < -0.3 is 24.3 Å². The number of nitrogens with zero attached hydrogens (tertiary/aromatic N) is 1. The molecule has 2 heterocycles. The Morgan fingerprint density at radius 1 is 1.00 bits per heavy atom. The van der Waals surface area contributed by atoms with Crippen LogP contribution in [0.5, 0.6) is 5.75 Å². The summed E-state index contributed by atoms with van der Waals surface area (Å²) >= 11 is 0. The molecule has 6 nitrogen and oxygen atoms in total. The molecule has 0 aliphatic carbocycles. The maximum atomic E-state index is 12.3. The van der Waals surface area contributed by atoms with Crippen molar-refractivity contribution in [1.82, 2.24) is 5.32 Å². The van der Waals surface area contributed by atoms with Crippen LogP contribution in [-0.4, -0.2) is 45.2 Å². The summed E-state index contributed by atoms with van der Waals surface area (Å²) in [5.74, 6) is 1.47. The van der Waals surface area contributed by atoms with Gasteiger partial charge in [-0.3, -0.25) is 4.79 Å². The number of quaternary nitrogens is 1. The van der Waals surface area contributed by atoms with Crippen LogP contribution >= 0.6 is 0 Å². The number of nitrogens with one attached hydrogen (secondary N) is 2. The van der Waals surface area contributed by atoms with Gasteiger partial charge in [-0.1, -0.05) is 36.4 Å². The number of carbonyl (C=O) groups is 1. The highest BCUT2D eigenvalue weighted by Gasteiger charge is 2.31. The van der Waals surface area contributed by atoms with Crippen LogP contribution in [0.3, 0.4) is 0 Å². The van der Waals surface area contributed by atoms with Crippen LogP contribution in [0, 0.1) is 0 Å². The van der Waals surface area contributed by atoms with Crippen molar-refractivity contribution in [2.24, 2.45) is 0 Å². The van der Waals surface area contributed by atoms with Gasteiger partial charge in [0, 0.05) is 5.69 Å². The molecule has 2 N–H and O–H groups in total. The zero-order chi connectivity index (χ0) is 20.6. The molecule has 0 radical (unpaired) electrons. The fourth-order valence-corrected chi connectivity index (χ4v) is 3.91. The lowest BCUT2D eigenvalue weighted by Gasteiger charge is -2.37. The summed E-state index contributed by atoms with van der Waals surface area (Å²) in [4.78, 5) is 16.2. The monoisotopic (exact) mass is 406 g/mol. The molecule has 2 aromatic carbocycles. The van der Waals surface area contributed by atoms with Crippen molar-refractivity contribution in [3.63, 3.8) is 0 Å². The highest BCUT2D eigenvalue weighted by atomic mass is 16.5. The van der Waals surface area contributed by atoms with Gasteiger partial charge in [-0.2, -0.15) is 0 Å². The van der Waals surface area contributed by atoms with Crippen molar-refractivity contribution in [2.45, 2.75) is 6.04 Å². The van der Waals surface area contributed by atoms with E-state index >= 15 is 0 Å². The van der Waals surface area contributed by atoms with Crippen LogP contribution < -0.4 is 19.9 Å². The summed E-state index contributed by atoms with van der Waals surface area (Å²) < 4.78 is 11.3. The topological polar surface area (TPSA) is 59.1 Å². The molecule has 156 valence electrons. The Labute approximate surface area is 177 Å². The fourth-order valence-electron chi connectivity index (χ4n) is 3.91. The van der Waals surface area contributed by atoms with E-state index in [2.05, 4.69) is 34.5 Å². The summed E-state index contributed by atoms with van der Waals surface area (Å²) in [6.07, 6.45) is 1.70.